The molecule has 1 aromatic heterocycles. The highest BCUT2D eigenvalue weighted by molar-refractivity contribution is 5.39. The highest BCUT2D eigenvalue weighted by atomic mass is 16.5. The van der Waals surface area contributed by atoms with Crippen LogP contribution in [0, 0.1) is 0 Å². The highest BCUT2D eigenvalue weighted by Gasteiger charge is 2.25. The maximum Gasteiger partial charge on any atom is 0.323 e. The fraction of sp³-hybridized carbons (Fsp3) is 0.769. The fourth-order valence-corrected chi connectivity index (χ4v) is 2.52. The zero-order valence-electron chi connectivity index (χ0n) is 12.6. The lowest BCUT2D eigenvalue weighted by molar-refractivity contribution is 0.221. The van der Waals surface area contributed by atoms with Gasteiger partial charge in [-0.2, -0.15) is 15.0 Å². The standard InChI is InChI=1S/C13H24N6O2/c1-9(2)21-13-16-11(18-14)15-12(17-13)19-7-4-3-5-10(19)6-8-20/h9-10,20H,3-8,14H2,1-2H3,(H,15,16,17,18). The first-order valence-corrected chi connectivity index (χ1v) is 7.41. The Kier molecular flexibility index (Phi) is 5.51. The SMILES string of the molecule is CC(C)Oc1nc(NN)nc(N2CCCCC2CCO)n1. The molecule has 0 radical (unpaired) electrons. The number of nitrogen functional groups attached to an aromatic ring is 1. The van der Waals surface area contributed by atoms with Crippen LogP contribution in [0.1, 0.15) is 39.5 Å². The number of nitrogens with two attached hydrogens (primary N) is 1. The minimum atomic E-state index is -0.0273. The third-order valence-corrected chi connectivity index (χ3v) is 3.42. The predicted molar refractivity (Wildman–Crippen MR) is 80.1 cm³/mol. The number of nitrogens with zero attached hydrogens (tertiary/aromatic N) is 4. The Morgan fingerprint density at radius 2 is 2.19 bits per heavy atom. The molecule has 1 aliphatic heterocycles. The number of aliphatic hydroxyl groups excluding tert-OH is 1. The van der Waals surface area contributed by atoms with Gasteiger partial charge in [-0.05, 0) is 39.5 Å². The van der Waals surface area contributed by atoms with Crippen molar-refractivity contribution in [2.75, 3.05) is 23.5 Å². The summed E-state index contributed by atoms with van der Waals surface area (Å²) >= 11 is 0. The van der Waals surface area contributed by atoms with Gasteiger partial charge in [0.2, 0.25) is 11.9 Å². The molecule has 8 heteroatoms. The average molecular weight is 296 g/mol. The Bertz CT molecular complexity index is 454. The Labute approximate surface area is 124 Å². The van der Waals surface area contributed by atoms with E-state index in [2.05, 4.69) is 25.3 Å². The van der Waals surface area contributed by atoms with Gasteiger partial charge in [0.25, 0.3) is 0 Å². The zero-order valence-corrected chi connectivity index (χ0v) is 12.6. The van der Waals surface area contributed by atoms with E-state index in [1.165, 1.54) is 0 Å². The summed E-state index contributed by atoms with van der Waals surface area (Å²) in [7, 11) is 0. The summed E-state index contributed by atoms with van der Waals surface area (Å²) in [5.74, 6) is 6.25. The van der Waals surface area contributed by atoms with E-state index in [9.17, 15) is 5.11 Å². The van der Waals surface area contributed by atoms with Crippen LogP contribution in [0.5, 0.6) is 6.01 Å². The number of piperidine rings is 1. The molecule has 4 N–H and O–H groups in total. The van der Waals surface area contributed by atoms with Crippen LogP contribution in [0.2, 0.25) is 0 Å². The number of hydrazine groups is 1. The van der Waals surface area contributed by atoms with Crippen LogP contribution in [0.4, 0.5) is 11.9 Å². The smallest absolute Gasteiger partial charge is 0.323 e. The van der Waals surface area contributed by atoms with Crippen molar-refractivity contribution in [3.05, 3.63) is 0 Å². The summed E-state index contributed by atoms with van der Waals surface area (Å²) in [5, 5.41) is 9.22. The van der Waals surface area contributed by atoms with Crippen molar-refractivity contribution in [1.82, 2.24) is 15.0 Å². The van der Waals surface area contributed by atoms with Gasteiger partial charge in [0.15, 0.2) is 0 Å². The number of hydrogen-bond acceptors (Lipinski definition) is 8. The second-order valence-electron chi connectivity index (χ2n) is 5.41. The van der Waals surface area contributed by atoms with Crippen molar-refractivity contribution in [2.24, 2.45) is 5.84 Å². The highest BCUT2D eigenvalue weighted by Crippen LogP contribution is 2.25. The summed E-state index contributed by atoms with van der Waals surface area (Å²) in [4.78, 5) is 14.9. The van der Waals surface area contributed by atoms with E-state index in [0.29, 0.717) is 12.4 Å². The zero-order chi connectivity index (χ0) is 15.2. The minimum absolute atomic E-state index is 0.0273. The van der Waals surface area contributed by atoms with Crippen molar-refractivity contribution in [3.63, 3.8) is 0 Å². The van der Waals surface area contributed by atoms with Gasteiger partial charge in [-0.1, -0.05) is 0 Å². The molecule has 0 aromatic carbocycles. The maximum absolute atomic E-state index is 9.22. The molecule has 8 nitrogen and oxygen atoms in total. The van der Waals surface area contributed by atoms with Crippen molar-refractivity contribution < 1.29 is 9.84 Å². The molecule has 1 unspecified atom stereocenters. The van der Waals surface area contributed by atoms with Crippen LogP contribution in [-0.2, 0) is 0 Å². The molecule has 1 aliphatic rings. The lowest BCUT2D eigenvalue weighted by Crippen LogP contribution is -2.41. The quantitative estimate of drug-likeness (QED) is 0.519. The molecule has 1 aromatic rings. The van der Waals surface area contributed by atoms with Crippen molar-refractivity contribution >= 4 is 11.9 Å². The molecule has 1 fully saturated rings. The van der Waals surface area contributed by atoms with Gasteiger partial charge in [0.1, 0.15) is 0 Å². The molecule has 0 bridgehead atoms. The van der Waals surface area contributed by atoms with Crippen molar-refractivity contribution in [3.8, 4) is 6.01 Å². The molecule has 0 spiro atoms. The molecule has 1 atom stereocenters. The number of ether oxygens (including phenoxy) is 1. The number of aromatic nitrogens is 3. The lowest BCUT2D eigenvalue weighted by Gasteiger charge is -2.35. The first-order valence-electron chi connectivity index (χ1n) is 7.41. The topological polar surface area (TPSA) is 109 Å². The number of hydrogen-bond donors (Lipinski definition) is 3. The molecule has 1 saturated heterocycles. The molecular weight excluding hydrogens is 272 g/mol. The van der Waals surface area contributed by atoms with E-state index in [1.807, 2.05) is 13.8 Å². The van der Waals surface area contributed by atoms with Gasteiger partial charge in [0, 0.05) is 19.2 Å². The average Bonchev–Trinajstić information content (AvgIpc) is 2.47. The molecular formula is C13H24N6O2. The molecule has 0 aliphatic carbocycles. The number of rotatable bonds is 6. The number of nitrogens with one attached hydrogen (secondary N) is 1. The minimum Gasteiger partial charge on any atom is -0.461 e. The molecule has 2 rings (SSSR count). The molecule has 118 valence electrons. The normalized spacial score (nSPS) is 18.9. The first-order chi connectivity index (χ1) is 10.1. The van der Waals surface area contributed by atoms with Crippen LogP contribution in [-0.4, -0.2) is 45.4 Å². The van der Waals surface area contributed by atoms with E-state index in [-0.39, 0.29) is 30.7 Å². The van der Waals surface area contributed by atoms with E-state index in [0.717, 1.165) is 25.8 Å². The second kappa shape index (κ2) is 7.37. The van der Waals surface area contributed by atoms with E-state index < -0.39 is 0 Å². The summed E-state index contributed by atoms with van der Waals surface area (Å²) in [5.41, 5.74) is 2.45. The Morgan fingerprint density at radius 3 is 2.86 bits per heavy atom. The van der Waals surface area contributed by atoms with E-state index in [1.54, 1.807) is 0 Å². The largest absolute Gasteiger partial charge is 0.461 e. The first kappa shape index (κ1) is 15.7. The van der Waals surface area contributed by atoms with Crippen LogP contribution < -0.4 is 20.9 Å². The van der Waals surface area contributed by atoms with Gasteiger partial charge < -0.3 is 14.7 Å². The van der Waals surface area contributed by atoms with Gasteiger partial charge in [-0.3, -0.25) is 5.43 Å². The van der Waals surface area contributed by atoms with Crippen molar-refractivity contribution in [1.29, 1.82) is 0 Å². The van der Waals surface area contributed by atoms with Gasteiger partial charge >= 0.3 is 6.01 Å². The van der Waals surface area contributed by atoms with Crippen LogP contribution >= 0.6 is 0 Å². The summed E-state index contributed by atoms with van der Waals surface area (Å²) in [6.45, 7) is 4.84. The molecule has 0 amide bonds. The van der Waals surface area contributed by atoms with Gasteiger partial charge in [0.05, 0.1) is 6.10 Å². The predicted octanol–water partition coefficient (Wildman–Crippen LogP) is 0.686. The van der Waals surface area contributed by atoms with E-state index >= 15 is 0 Å². The third kappa shape index (κ3) is 4.15. The summed E-state index contributed by atoms with van der Waals surface area (Å²) < 4.78 is 5.55. The summed E-state index contributed by atoms with van der Waals surface area (Å²) in [6, 6.07) is 0.500. The number of anilines is 2. The number of aliphatic hydroxyl groups is 1. The molecule has 21 heavy (non-hydrogen) atoms. The summed E-state index contributed by atoms with van der Waals surface area (Å²) in [6.07, 6.45) is 3.94. The maximum atomic E-state index is 9.22. The Hall–Kier alpha value is -1.67. The monoisotopic (exact) mass is 296 g/mol. The van der Waals surface area contributed by atoms with Crippen LogP contribution in [0.15, 0.2) is 0 Å². The van der Waals surface area contributed by atoms with Gasteiger partial charge in [-0.25, -0.2) is 5.84 Å². The van der Waals surface area contributed by atoms with E-state index in [4.69, 9.17) is 10.6 Å². The Morgan fingerprint density at radius 1 is 1.38 bits per heavy atom. The van der Waals surface area contributed by atoms with Crippen LogP contribution in [0.3, 0.4) is 0 Å². The Balaban J connectivity index is 2.27. The molecule has 2 heterocycles. The third-order valence-electron chi connectivity index (χ3n) is 3.42. The fourth-order valence-electron chi connectivity index (χ4n) is 2.52. The molecule has 0 saturated carbocycles. The second-order valence-corrected chi connectivity index (χ2v) is 5.41. The van der Waals surface area contributed by atoms with Crippen molar-refractivity contribution in [2.45, 2.75) is 51.7 Å². The van der Waals surface area contributed by atoms with Crippen LogP contribution in [0.25, 0.3) is 0 Å². The van der Waals surface area contributed by atoms with Gasteiger partial charge in [-0.15, -0.1) is 0 Å². The lowest BCUT2D eigenvalue weighted by atomic mass is 10.0.